The first-order chi connectivity index (χ1) is 9.20. The second-order valence-electron chi connectivity index (χ2n) is 5.37. The minimum absolute atomic E-state index is 0.0569. The number of benzene rings is 1. The molecule has 1 unspecified atom stereocenters. The summed E-state index contributed by atoms with van der Waals surface area (Å²) in [5.41, 5.74) is 0.821. The number of carbonyl (C=O) groups excluding carboxylic acids is 1. The van der Waals surface area contributed by atoms with Crippen LogP contribution in [0.4, 0.5) is 0 Å². The Kier molecular flexibility index (Phi) is 5.11. The normalized spacial score (nSPS) is 19.3. The van der Waals surface area contributed by atoms with Crippen LogP contribution >= 0.6 is 0 Å². The second-order valence-corrected chi connectivity index (χ2v) is 5.37. The van der Waals surface area contributed by atoms with E-state index in [-0.39, 0.29) is 11.7 Å². The van der Waals surface area contributed by atoms with Crippen LogP contribution in [0.25, 0.3) is 0 Å². The number of likely N-dealkylation sites (tertiary alicyclic amines) is 1. The van der Waals surface area contributed by atoms with E-state index in [1.807, 2.05) is 37.3 Å². The highest BCUT2D eigenvalue weighted by Gasteiger charge is 2.23. The van der Waals surface area contributed by atoms with Gasteiger partial charge in [0.25, 0.3) is 0 Å². The molecule has 1 heterocycles. The largest absolute Gasteiger partial charge is 0.381 e. The fourth-order valence-corrected chi connectivity index (χ4v) is 2.68. The third-order valence-electron chi connectivity index (χ3n) is 3.91. The maximum absolute atomic E-state index is 12.3. The number of hydrogen-bond acceptors (Lipinski definition) is 3. The summed E-state index contributed by atoms with van der Waals surface area (Å²) in [4.78, 5) is 14.7. The number of rotatable bonds is 5. The van der Waals surface area contributed by atoms with Crippen LogP contribution in [0.3, 0.4) is 0 Å². The summed E-state index contributed by atoms with van der Waals surface area (Å²) in [5.74, 6) is 0.302. The molecule has 0 radical (unpaired) electrons. The SMILES string of the molecule is COC1CCN(CC(C)C(=O)c2ccccc2)CC1. The van der Waals surface area contributed by atoms with Crippen molar-refractivity contribution in [2.24, 2.45) is 5.92 Å². The Labute approximate surface area is 115 Å². The number of hydrogen-bond donors (Lipinski definition) is 0. The van der Waals surface area contributed by atoms with Crippen molar-refractivity contribution < 1.29 is 9.53 Å². The van der Waals surface area contributed by atoms with E-state index in [4.69, 9.17) is 4.74 Å². The van der Waals surface area contributed by atoms with Gasteiger partial charge in [-0.2, -0.15) is 0 Å². The average Bonchev–Trinajstić information content (AvgIpc) is 2.48. The van der Waals surface area contributed by atoms with Crippen LogP contribution in [0.1, 0.15) is 30.1 Å². The molecule has 2 rings (SSSR count). The van der Waals surface area contributed by atoms with Crippen molar-refractivity contribution in [2.45, 2.75) is 25.9 Å². The van der Waals surface area contributed by atoms with Gasteiger partial charge >= 0.3 is 0 Å². The summed E-state index contributed by atoms with van der Waals surface area (Å²) in [5, 5.41) is 0. The number of carbonyl (C=O) groups is 1. The molecule has 19 heavy (non-hydrogen) atoms. The van der Waals surface area contributed by atoms with Gasteiger partial charge in [0, 0.05) is 38.2 Å². The summed E-state index contributed by atoms with van der Waals surface area (Å²) >= 11 is 0. The van der Waals surface area contributed by atoms with Crippen LogP contribution in [0.5, 0.6) is 0 Å². The lowest BCUT2D eigenvalue weighted by molar-refractivity contribution is 0.0369. The number of ketones is 1. The molecule has 104 valence electrons. The number of methoxy groups -OCH3 is 1. The maximum atomic E-state index is 12.3. The zero-order valence-electron chi connectivity index (χ0n) is 11.8. The molecule has 1 atom stereocenters. The first kappa shape index (κ1) is 14.2. The highest BCUT2D eigenvalue weighted by Crippen LogP contribution is 2.16. The fourth-order valence-electron chi connectivity index (χ4n) is 2.68. The van der Waals surface area contributed by atoms with Crippen LogP contribution in [-0.2, 0) is 4.74 Å². The molecule has 1 fully saturated rings. The first-order valence-electron chi connectivity index (χ1n) is 7.05. The molecule has 1 aromatic carbocycles. The third-order valence-corrected chi connectivity index (χ3v) is 3.91. The Balaban J connectivity index is 1.84. The van der Waals surface area contributed by atoms with Crippen molar-refractivity contribution >= 4 is 5.78 Å². The van der Waals surface area contributed by atoms with E-state index >= 15 is 0 Å². The van der Waals surface area contributed by atoms with Crippen LogP contribution in [0, 0.1) is 5.92 Å². The third kappa shape index (κ3) is 3.88. The molecule has 1 saturated heterocycles. The predicted molar refractivity (Wildman–Crippen MR) is 76.4 cm³/mol. The van der Waals surface area contributed by atoms with Crippen molar-refractivity contribution in [3.05, 3.63) is 35.9 Å². The van der Waals surface area contributed by atoms with Crippen molar-refractivity contribution in [3.63, 3.8) is 0 Å². The summed E-state index contributed by atoms with van der Waals surface area (Å²) in [7, 11) is 1.78. The molecule has 0 amide bonds. The molecule has 0 bridgehead atoms. The molecule has 0 aliphatic carbocycles. The Morgan fingerprint density at radius 3 is 2.53 bits per heavy atom. The van der Waals surface area contributed by atoms with E-state index in [1.165, 1.54) is 0 Å². The minimum Gasteiger partial charge on any atom is -0.381 e. The quantitative estimate of drug-likeness (QED) is 0.763. The highest BCUT2D eigenvalue weighted by molar-refractivity contribution is 5.97. The van der Waals surface area contributed by atoms with Crippen molar-refractivity contribution in [1.82, 2.24) is 4.90 Å². The minimum atomic E-state index is 0.0569. The van der Waals surface area contributed by atoms with Gasteiger partial charge in [-0.15, -0.1) is 0 Å². The van der Waals surface area contributed by atoms with Crippen LogP contribution in [0.15, 0.2) is 30.3 Å². The van der Waals surface area contributed by atoms with E-state index in [2.05, 4.69) is 4.90 Å². The summed E-state index contributed by atoms with van der Waals surface area (Å²) in [6.45, 7) is 4.94. The van der Waals surface area contributed by atoms with Gasteiger partial charge in [0.15, 0.2) is 5.78 Å². The molecular weight excluding hydrogens is 238 g/mol. The van der Waals surface area contributed by atoms with E-state index in [1.54, 1.807) is 7.11 Å². The molecule has 1 aliphatic rings. The van der Waals surface area contributed by atoms with Crippen LogP contribution in [0.2, 0.25) is 0 Å². The van der Waals surface area contributed by atoms with Gasteiger partial charge < -0.3 is 9.64 Å². The highest BCUT2D eigenvalue weighted by atomic mass is 16.5. The zero-order valence-corrected chi connectivity index (χ0v) is 11.8. The second kappa shape index (κ2) is 6.83. The van der Waals surface area contributed by atoms with E-state index < -0.39 is 0 Å². The van der Waals surface area contributed by atoms with Gasteiger partial charge in [0.1, 0.15) is 0 Å². The van der Waals surface area contributed by atoms with Gasteiger partial charge in [-0.3, -0.25) is 4.79 Å². The van der Waals surface area contributed by atoms with Gasteiger partial charge in [0.2, 0.25) is 0 Å². The number of piperidine rings is 1. The van der Waals surface area contributed by atoms with Gasteiger partial charge in [-0.1, -0.05) is 37.3 Å². The topological polar surface area (TPSA) is 29.5 Å². The summed E-state index contributed by atoms with van der Waals surface area (Å²) in [6.07, 6.45) is 2.54. The molecule has 0 saturated carbocycles. The standard InChI is InChI=1S/C16H23NO2/c1-13(16(18)14-6-4-3-5-7-14)12-17-10-8-15(19-2)9-11-17/h3-7,13,15H,8-12H2,1-2H3. The molecule has 3 heteroatoms. The van der Waals surface area contributed by atoms with Gasteiger partial charge in [-0.25, -0.2) is 0 Å². The predicted octanol–water partition coefficient (Wildman–Crippen LogP) is 2.62. The number of ether oxygens (including phenoxy) is 1. The molecular formula is C16H23NO2. The molecule has 0 N–H and O–H groups in total. The number of nitrogens with zero attached hydrogens (tertiary/aromatic N) is 1. The van der Waals surface area contributed by atoms with Crippen molar-refractivity contribution in [2.75, 3.05) is 26.7 Å². The maximum Gasteiger partial charge on any atom is 0.166 e. The van der Waals surface area contributed by atoms with E-state index in [0.29, 0.717) is 6.10 Å². The summed E-state index contributed by atoms with van der Waals surface area (Å²) in [6, 6.07) is 9.58. The zero-order chi connectivity index (χ0) is 13.7. The molecule has 0 spiro atoms. The summed E-state index contributed by atoms with van der Waals surface area (Å²) < 4.78 is 5.37. The Bertz CT molecular complexity index is 396. The lowest BCUT2D eigenvalue weighted by Gasteiger charge is -2.32. The molecule has 0 aromatic heterocycles. The molecule has 3 nitrogen and oxygen atoms in total. The van der Waals surface area contributed by atoms with Crippen LogP contribution < -0.4 is 0 Å². The smallest absolute Gasteiger partial charge is 0.166 e. The Morgan fingerprint density at radius 2 is 1.95 bits per heavy atom. The monoisotopic (exact) mass is 261 g/mol. The Hall–Kier alpha value is -1.19. The van der Waals surface area contributed by atoms with E-state index in [0.717, 1.165) is 38.0 Å². The van der Waals surface area contributed by atoms with Crippen molar-refractivity contribution in [1.29, 1.82) is 0 Å². The van der Waals surface area contributed by atoms with Gasteiger partial charge in [0.05, 0.1) is 6.10 Å². The van der Waals surface area contributed by atoms with Crippen LogP contribution in [-0.4, -0.2) is 43.5 Å². The lowest BCUT2D eigenvalue weighted by Crippen LogP contribution is -2.40. The van der Waals surface area contributed by atoms with E-state index in [9.17, 15) is 4.79 Å². The Morgan fingerprint density at radius 1 is 1.32 bits per heavy atom. The number of Topliss-reactive ketones (excluding diaryl/α,β-unsaturated/α-hetero) is 1. The molecule has 1 aliphatic heterocycles. The lowest BCUT2D eigenvalue weighted by atomic mass is 9.97. The average molecular weight is 261 g/mol. The first-order valence-corrected chi connectivity index (χ1v) is 7.05. The van der Waals surface area contributed by atoms with Gasteiger partial charge in [-0.05, 0) is 12.8 Å². The van der Waals surface area contributed by atoms with Crippen molar-refractivity contribution in [3.8, 4) is 0 Å². The fraction of sp³-hybridized carbons (Fsp3) is 0.562. The molecule has 1 aromatic rings.